The van der Waals surface area contributed by atoms with Crippen molar-refractivity contribution < 1.29 is 0 Å². The Morgan fingerprint density at radius 3 is 2.44 bits per heavy atom. The van der Waals surface area contributed by atoms with E-state index in [-0.39, 0.29) is 0 Å². The molecular formula is C17H27N. The van der Waals surface area contributed by atoms with Crippen LogP contribution in [0.3, 0.4) is 0 Å². The molecule has 0 amide bonds. The molecule has 0 bridgehead atoms. The molecular weight excluding hydrogens is 218 g/mol. The first-order chi connectivity index (χ1) is 8.50. The van der Waals surface area contributed by atoms with E-state index in [1.165, 1.54) is 30.4 Å². The lowest BCUT2D eigenvalue weighted by Crippen LogP contribution is -2.30. The lowest BCUT2D eigenvalue weighted by atomic mass is 9.91. The van der Waals surface area contributed by atoms with E-state index in [2.05, 4.69) is 57.3 Å². The van der Waals surface area contributed by atoms with Crippen LogP contribution in [-0.2, 0) is 6.42 Å². The van der Waals surface area contributed by atoms with Crippen LogP contribution in [0.4, 0.5) is 0 Å². The van der Waals surface area contributed by atoms with Gasteiger partial charge in [-0.25, -0.2) is 0 Å². The summed E-state index contributed by atoms with van der Waals surface area (Å²) in [5, 5.41) is 3.79. The summed E-state index contributed by atoms with van der Waals surface area (Å²) in [4.78, 5) is 0. The van der Waals surface area contributed by atoms with E-state index in [1.807, 2.05) is 0 Å². The van der Waals surface area contributed by atoms with Crippen LogP contribution in [0.25, 0.3) is 0 Å². The quantitative estimate of drug-likeness (QED) is 0.824. The number of aryl methyl sites for hydroxylation is 1. The molecule has 1 fully saturated rings. The van der Waals surface area contributed by atoms with E-state index in [9.17, 15) is 0 Å². The summed E-state index contributed by atoms with van der Waals surface area (Å²) in [6.07, 6.45) is 5.11. The zero-order valence-corrected chi connectivity index (χ0v) is 12.3. The Morgan fingerprint density at radius 2 is 1.94 bits per heavy atom. The second-order valence-electron chi connectivity index (χ2n) is 6.59. The van der Waals surface area contributed by atoms with Crippen molar-refractivity contribution in [2.75, 3.05) is 0 Å². The van der Waals surface area contributed by atoms with Crippen LogP contribution in [0.5, 0.6) is 0 Å². The maximum atomic E-state index is 3.79. The summed E-state index contributed by atoms with van der Waals surface area (Å²) in [6.45, 7) is 9.26. The van der Waals surface area contributed by atoms with Crippen LogP contribution in [0.2, 0.25) is 0 Å². The van der Waals surface area contributed by atoms with Gasteiger partial charge in [0.15, 0.2) is 0 Å². The standard InChI is InChI=1S/C17H27N/c1-5-14-6-8-15(9-7-14)13(2)18-16-10-11-17(3,4)12-16/h6-9,13,16,18H,5,10-12H2,1-4H3. The molecule has 100 valence electrons. The fourth-order valence-corrected chi connectivity index (χ4v) is 3.07. The van der Waals surface area contributed by atoms with E-state index < -0.39 is 0 Å². The maximum absolute atomic E-state index is 3.79. The Kier molecular flexibility index (Phi) is 4.11. The molecule has 2 atom stereocenters. The van der Waals surface area contributed by atoms with Crippen LogP contribution in [0.15, 0.2) is 24.3 Å². The predicted octanol–water partition coefficient (Wildman–Crippen LogP) is 4.48. The van der Waals surface area contributed by atoms with E-state index in [4.69, 9.17) is 0 Å². The number of benzene rings is 1. The smallest absolute Gasteiger partial charge is 0.0294 e. The van der Waals surface area contributed by atoms with Gasteiger partial charge in [0.25, 0.3) is 0 Å². The zero-order valence-electron chi connectivity index (χ0n) is 12.3. The highest BCUT2D eigenvalue weighted by Gasteiger charge is 2.31. The Labute approximate surface area is 112 Å². The second kappa shape index (κ2) is 5.44. The molecule has 2 unspecified atom stereocenters. The molecule has 18 heavy (non-hydrogen) atoms. The highest BCUT2D eigenvalue weighted by atomic mass is 15.0. The second-order valence-corrected chi connectivity index (χ2v) is 6.59. The topological polar surface area (TPSA) is 12.0 Å². The molecule has 1 aromatic carbocycles. The van der Waals surface area contributed by atoms with Crippen LogP contribution in [0.1, 0.15) is 64.1 Å². The Balaban J connectivity index is 1.93. The average molecular weight is 245 g/mol. The van der Waals surface area contributed by atoms with Crippen LogP contribution in [0, 0.1) is 5.41 Å². The number of nitrogens with one attached hydrogen (secondary N) is 1. The molecule has 1 aliphatic carbocycles. The molecule has 1 nitrogen and oxygen atoms in total. The van der Waals surface area contributed by atoms with E-state index >= 15 is 0 Å². The van der Waals surface area contributed by atoms with Crippen LogP contribution >= 0.6 is 0 Å². The number of hydrogen-bond donors (Lipinski definition) is 1. The SMILES string of the molecule is CCc1ccc(C(C)NC2CCC(C)(C)C2)cc1. The monoisotopic (exact) mass is 245 g/mol. The predicted molar refractivity (Wildman–Crippen MR) is 78.8 cm³/mol. The number of rotatable bonds is 4. The molecule has 1 N–H and O–H groups in total. The largest absolute Gasteiger partial charge is 0.307 e. The molecule has 1 saturated carbocycles. The molecule has 0 heterocycles. The van der Waals surface area contributed by atoms with Gasteiger partial charge in [-0.05, 0) is 49.1 Å². The molecule has 0 aliphatic heterocycles. The van der Waals surface area contributed by atoms with E-state index in [0.717, 1.165) is 6.42 Å². The lowest BCUT2D eigenvalue weighted by molar-refractivity contribution is 0.356. The highest BCUT2D eigenvalue weighted by Crippen LogP contribution is 2.37. The van der Waals surface area contributed by atoms with Gasteiger partial charge in [-0.15, -0.1) is 0 Å². The van der Waals surface area contributed by atoms with Crippen molar-refractivity contribution in [1.29, 1.82) is 0 Å². The van der Waals surface area contributed by atoms with Crippen LogP contribution in [-0.4, -0.2) is 6.04 Å². The summed E-state index contributed by atoms with van der Waals surface area (Å²) < 4.78 is 0. The minimum Gasteiger partial charge on any atom is -0.307 e. The van der Waals surface area contributed by atoms with Gasteiger partial charge in [-0.2, -0.15) is 0 Å². The van der Waals surface area contributed by atoms with Gasteiger partial charge in [-0.1, -0.05) is 45.0 Å². The van der Waals surface area contributed by atoms with Crippen molar-refractivity contribution in [3.63, 3.8) is 0 Å². The molecule has 0 aromatic heterocycles. The van der Waals surface area contributed by atoms with E-state index in [1.54, 1.807) is 0 Å². The van der Waals surface area contributed by atoms with Gasteiger partial charge in [0.2, 0.25) is 0 Å². The first kappa shape index (κ1) is 13.6. The molecule has 0 spiro atoms. The van der Waals surface area contributed by atoms with Crippen molar-refractivity contribution >= 4 is 0 Å². The fourth-order valence-electron chi connectivity index (χ4n) is 3.07. The Bertz CT molecular complexity index is 377. The molecule has 2 rings (SSSR count). The highest BCUT2D eigenvalue weighted by molar-refractivity contribution is 5.24. The Morgan fingerprint density at radius 1 is 1.28 bits per heavy atom. The number of hydrogen-bond acceptors (Lipinski definition) is 1. The van der Waals surface area contributed by atoms with Crippen molar-refractivity contribution in [3.8, 4) is 0 Å². The van der Waals surface area contributed by atoms with Gasteiger partial charge in [0, 0.05) is 12.1 Å². The normalized spacial score (nSPS) is 24.1. The van der Waals surface area contributed by atoms with Crippen molar-refractivity contribution in [2.24, 2.45) is 5.41 Å². The van der Waals surface area contributed by atoms with Gasteiger partial charge >= 0.3 is 0 Å². The third kappa shape index (κ3) is 3.35. The summed E-state index contributed by atoms with van der Waals surface area (Å²) in [6, 6.07) is 10.2. The zero-order chi connectivity index (χ0) is 13.2. The van der Waals surface area contributed by atoms with Crippen molar-refractivity contribution in [2.45, 2.75) is 65.5 Å². The third-order valence-electron chi connectivity index (χ3n) is 4.34. The fraction of sp³-hybridized carbons (Fsp3) is 0.647. The summed E-state index contributed by atoms with van der Waals surface area (Å²) >= 11 is 0. The maximum Gasteiger partial charge on any atom is 0.0294 e. The summed E-state index contributed by atoms with van der Waals surface area (Å²) in [7, 11) is 0. The average Bonchev–Trinajstić information content (AvgIpc) is 2.68. The first-order valence-corrected chi connectivity index (χ1v) is 7.35. The van der Waals surface area contributed by atoms with Crippen molar-refractivity contribution in [1.82, 2.24) is 5.32 Å². The van der Waals surface area contributed by atoms with E-state index in [0.29, 0.717) is 17.5 Å². The lowest BCUT2D eigenvalue weighted by Gasteiger charge is -2.22. The molecule has 1 aromatic rings. The summed E-state index contributed by atoms with van der Waals surface area (Å²) in [5.74, 6) is 0. The molecule has 1 heteroatoms. The van der Waals surface area contributed by atoms with Gasteiger partial charge < -0.3 is 5.32 Å². The van der Waals surface area contributed by atoms with Gasteiger partial charge in [0.1, 0.15) is 0 Å². The first-order valence-electron chi connectivity index (χ1n) is 7.35. The summed E-state index contributed by atoms with van der Waals surface area (Å²) in [5.41, 5.74) is 3.37. The molecule has 0 saturated heterocycles. The molecule has 1 aliphatic rings. The van der Waals surface area contributed by atoms with Gasteiger partial charge in [0.05, 0.1) is 0 Å². The van der Waals surface area contributed by atoms with Gasteiger partial charge in [-0.3, -0.25) is 0 Å². The molecule has 0 radical (unpaired) electrons. The minimum absolute atomic E-state index is 0.467. The van der Waals surface area contributed by atoms with Crippen molar-refractivity contribution in [3.05, 3.63) is 35.4 Å². The van der Waals surface area contributed by atoms with Crippen LogP contribution < -0.4 is 5.32 Å². The third-order valence-corrected chi connectivity index (χ3v) is 4.34. The Hall–Kier alpha value is -0.820. The minimum atomic E-state index is 0.467.